The second-order valence-corrected chi connectivity index (χ2v) is 6.92. The molecule has 0 aromatic carbocycles. The highest BCUT2D eigenvalue weighted by atomic mass is 32.2. The van der Waals surface area contributed by atoms with Gasteiger partial charge in [-0.25, -0.2) is 4.98 Å². The summed E-state index contributed by atoms with van der Waals surface area (Å²) < 4.78 is 5.73. The third-order valence-corrected chi connectivity index (χ3v) is 4.60. The summed E-state index contributed by atoms with van der Waals surface area (Å²) in [6.45, 7) is 7.28. The van der Waals surface area contributed by atoms with Crippen molar-refractivity contribution >= 4 is 23.1 Å². The molecular formula is C12H20N2OS2. The van der Waals surface area contributed by atoms with Crippen LogP contribution in [0.5, 0.6) is 0 Å². The summed E-state index contributed by atoms with van der Waals surface area (Å²) in [7, 11) is 0. The molecule has 2 rings (SSSR count). The second kappa shape index (κ2) is 6.73. The lowest BCUT2D eigenvalue weighted by atomic mass is 10.2. The summed E-state index contributed by atoms with van der Waals surface area (Å²) in [5.41, 5.74) is 0. The summed E-state index contributed by atoms with van der Waals surface area (Å²) in [4.78, 5) is 5.78. The first-order valence-electron chi connectivity index (χ1n) is 6.10. The van der Waals surface area contributed by atoms with Gasteiger partial charge in [0, 0.05) is 29.1 Å². The number of hydrogen-bond acceptors (Lipinski definition) is 5. The topological polar surface area (TPSA) is 34.2 Å². The van der Waals surface area contributed by atoms with E-state index in [-0.39, 0.29) is 6.10 Å². The van der Waals surface area contributed by atoms with Gasteiger partial charge in [0.05, 0.1) is 6.61 Å². The first-order valence-corrected chi connectivity index (χ1v) is 8.07. The molecule has 0 spiro atoms. The lowest BCUT2D eigenvalue weighted by Gasteiger charge is -2.19. The number of thiazole rings is 1. The lowest BCUT2D eigenvalue weighted by molar-refractivity contribution is 0.0755. The van der Waals surface area contributed by atoms with E-state index in [9.17, 15) is 0 Å². The zero-order valence-electron chi connectivity index (χ0n) is 10.4. The Kier molecular flexibility index (Phi) is 5.28. The van der Waals surface area contributed by atoms with Crippen LogP contribution in [0.2, 0.25) is 0 Å². The van der Waals surface area contributed by atoms with E-state index < -0.39 is 0 Å². The summed E-state index contributed by atoms with van der Waals surface area (Å²) in [5.74, 6) is 2.86. The molecule has 1 aliphatic rings. The van der Waals surface area contributed by atoms with E-state index in [1.54, 1.807) is 11.3 Å². The Morgan fingerprint density at radius 2 is 2.47 bits per heavy atom. The van der Waals surface area contributed by atoms with E-state index in [1.165, 1.54) is 4.88 Å². The maximum absolute atomic E-state index is 5.73. The van der Waals surface area contributed by atoms with Crippen molar-refractivity contribution in [1.82, 2.24) is 10.3 Å². The van der Waals surface area contributed by atoms with Gasteiger partial charge >= 0.3 is 0 Å². The molecule has 0 saturated carbocycles. The molecule has 3 nitrogen and oxygen atoms in total. The Morgan fingerprint density at radius 1 is 1.59 bits per heavy atom. The smallest absolute Gasteiger partial charge is 0.123 e. The molecule has 2 heterocycles. The molecule has 1 saturated heterocycles. The number of nitrogens with one attached hydrogen (secondary N) is 1. The standard InChI is InChI=1S/C12H20N2OS2/c1-9(2)5-13-6-10-7-14-12(17-10)11-8-16-4-3-15-11/h7,9,11,13H,3-6,8H2,1-2H3. The molecular weight excluding hydrogens is 252 g/mol. The molecule has 1 aromatic heterocycles. The average molecular weight is 272 g/mol. The molecule has 0 bridgehead atoms. The molecule has 1 fully saturated rings. The van der Waals surface area contributed by atoms with Crippen LogP contribution in [0.3, 0.4) is 0 Å². The fraction of sp³-hybridized carbons (Fsp3) is 0.750. The summed E-state index contributed by atoms with van der Waals surface area (Å²) >= 11 is 3.73. The molecule has 1 aromatic rings. The molecule has 5 heteroatoms. The maximum Gasteiger partial charge on any atom is 0.123 e. The predicted molar refractivity (Wildman–Crippen MR) is 74.7 cm³/mol. The van der Waals surface area contributed by atoms with Crippen LogP contribution < -0.4 is 5.32 Å². The number of ether oxygens (including phenoxy) is 1. The minimum atomic E-state index is 0.220. The molecule has 0 aliphatic carbocycles. The van der Waals surface area contributed by atoms with Crippen molar-refractivity contribution in [3.8, 4) is 0 Å². The molecule has 17 heavy (non-hydrogen) atoms. The van der Waals surface area contributed by atoms with Crippen molar-refractivity contribution in [3.63, 3.8) is 0 Å². The number of thioether (sulfide) groups is 1. The highest BCUT2D eigenvalue weighted by molar-refractivity contribution is 7.99. The quantitative estimate of drug-likeness (QED) is 0.893. The van der Waals surface area contributed by atoms with Crippen molar-refractivity contribution in [2.75, 3.05) is 24.7 Å². The third-order valence-electron chi connectivity index (χ3n) is 2.51. The van der Waals surface area contributed by atoms with Gasteiger partial charge in [0.1, 0.15) is 11.1 Å². The highest BCUT2D eigenvalue weighted by Crippen LogP contribution is 2.29. The number of hydrogen-bond donors (Lipinski definition) is 1. The summed E-state index contributed by atoms with van der Waals surface area (Å²) in [6, 6.07) is 0. The largest absolute Gasteiger partial charge is 0.369 e. The first kappa shape index (κ1) is 13.3. The third kappa shape index (κ3) is 4.25. The van der Waals surface area contributed by atoms with Gasteiger partial charge in [-0.2, -0.15) is 11.8 Å². The van der Waals surface area contributed by atoms with E-state index >= 15 is 0 Å². The second-order valence-electron chi connectivity index (χ2n) is 4.62. The normalized spacial score (nSPS) is 21.0. The zero-order chi connectivity index (χ0) is 12.1. The van der Waals surface area contributed by atoms with Gasteiger partial charge in [-0.05, 0) is 12.5 Å². The van der Waals surface area contributed by atoms with Gasteiger partial charge in [-0.15, -0.1) is 11.3 Å². The van der Waals surface area contributed by atoms with Crippen LogP contribution in [-0.4, -0.2) is 29.6 Å². The molecule has 1 N–H and O–H groups in total. The van der Waals surface area contributed by atoms with Crippen LogP contribution in [0.15, 0.2) is 6.20 Å². The fourth-order valence-corrected chi connectivity index (χ4v) is 3.56. The Labute approximate surface area is 111 Å². The lowest BCUT2D eigenvalue weighted by Crippen LogP contribution is -2.18. The Morgan fingerprint density at radius 3 is 3.18 bits per heavy atom. The van der Waals surface area contributed by atoms with Crippen molar-refractivity contribution in [1.29, 1.82) is 0 Å². The molecule has 0 radical (unpaired) electrons. The number of rotatable bonds is 5. The molecule has 1 atom stereocenters. The average Bonchev–Trinajstić information content (AvgIpc) is 2.78. The van der Waals surface area contributed by atoms with Crippen molar-refractivity contribution in [2.24, 2.45) is 5.92 Å². The van der Waals surface area contributed by atoms with E-state index in [4.69, 9.17) is 4.74 Å². The highest BCUT2D eigenvalue weighted by Gasteiger charge is 2.19. The van der Waals surface area contributed by atoms with E-state index in [0.717, 1.165) is 36.2 Å². The molecule has 0 amide bonds. The van der Waals surface area contributed by atoms with Crippen molar-refractivity contribution in [2.45, 2.75) is 26.5 Å². The van der Waals surface area contributed by atoms with Crippen LogP contribution >= 0.6 is 23.1 Å². The van der Waals surface area contributed by atoms with Crippen LogP contribution in [0.25, 0.3) is 0 Å². The van der Waals surface area contributed by atoms with Gasteiger partial charge in [-0.3, -0.25) is 0 Å². The predicted octanol–water partition coefficient (Wildman–Crippen LogP) is 2.69. The van der Waals surface area contributed by atoms with Gasteiger partial charge in [-0.1, -0.05) is 13.8 Å². The van der Waals surface area contributed by atoms with Gasteiger partial charge < -0.3 is 10.1 Å². The van der Waals surface area contributed by atoms with E-state index in [1.807, 2.05) is 18.0 Å². The minimum absolute atomic E-state index is 0.220. The van der Waals surface area contributed by atoms with Crippen LogP contribution in [0.1, 0.15) is 29.8 Å². The summed E-state index contributed by atoms with van der Waals surface area (Å²) in [5, 5.41) is 4.58. The zero-order valence-corrected chi connectivity index (χ0v) is 12.1. The van der Waals surface area contributed by atoms with Crippen LogP contribution in [0, 0.1) is 5.92 Å². The van der Waals surface area contributed by atoms with Crippen LogP contribution in [-0.2, 0) is 11.3 Å². The summed E-state index contributed by atoms with van der Waals surface area (Å²) in [6.07, 6.45) is 2.20. The van der Waals surface area contributed by atoms with Crippen molar-refractivity contribution in [3.05, 3.63) is 16.1 Å². The van der Waals surface area contributed by atoms with Gasteiger partial charge in [0.2, 0.25) is 0 Å². The first-order chi connectivity index (χ1) is 8.25. The number of nitrogens with zero attached hydrogens (tertiary/aromatic N) is 1. The Bertz CT molecular complexity index is 335. The Balaban J connectivity index is 1.82. The maximum atomic E-state index is 5.73. The number of aromatic nitrogens is 1. The minimum Gasteiger partial charge on any atom is -0.369 e. The van der Waals surface area contributed by atoms with E-state index in [2.05, 4.69) is 24.1 Å². The van der Waals surface area contributed by atoms with Gasteiger partial charge in [0.15, 0.2) is 0 Å². The van der Waals surface area contributed by atoms with Crippen LogP contribution in [0.4, 0.5) is 0 Å². The molecule has 1 unspecified atom stereocenters. The molecule has 96 valence electrons. The van der Waals surface area contributed by atoms with Gasteiger partial charge in [0.25, 0.3) is 0 Å². The van der Waals surface area contributed by atoms with Crippen molar-refractivity contribution < 1.29 is 4.74 Å². The SMILES string of the molecule is CC(C)CNCc1cnc(C2CSCCO2)s1. The molecule has 1 aliphatic heterocycles. The Hall–Kier alpha value is -0.100. The van der Waals surface area contributed by atoms with E-state index in [0.29, 0.717) is 5.92 Å². The fourth-order valence-electron chi connectivity index (χ4n) is 1.67. The monoisotopic (exact) mass is 272 g/mol.